The van der Waals surface area contributed by atoms with E-state index in [-0.39, 0.29) is 5.91 Å². The molecule has 2 N–H and O–H groups in total. The maximum Gasteiger partial charge on any atom is 0.251 e. The van der Waals surface area contributed by atoms with Crippen LogP contribution in [0.3, 0.4) is 0 Å². The lowest BCUT2D eigenvalue weighted by atomic mass is 10.1. The van der Waals surface area contributed by atoms with Crippen LogP contribution in [0.5, 0.6) is 0 Å². The van der Waals surface area contributed by atoms with Crippen molar-refractivity contribution in [2.24, 2.45) is 0 Å². The molecular formula is C22H17Cl2N3O. The number of hydrogen-bond acceptors (Lipinski definition) is 2. The maximum absolute atomic E-state index is 12.5. The van der Waals surface area contributed by atoms with Crippen molar-refractivity contribution < 1.29 is 4.79 Å². The summed E-state index contributed by atoms with van der Waals surface area (Å²) in [7, 11) is 0. The van der Waals surface area contributed by atoms with Gasteiger partial charge in [0.2, 0.25) is 0 Å². The van der Waals surface area contributed by atoms with Gasteiger partial charge in [0, 0.05) is 12.1 Å². The van der Waals surface area contributed by atoms with E-state index in [4.69, 9.17) is 23.2 Å². The molecule has 0 aliphatic carbocycles. The van der Waals surface area contributed by atoms with Gasteiger partial charge in [-0.3, -0.25) is 4.79 Å². The van der Waals surface area contributed by atoms with Crippen LogP contribution in [0, 0.1) is 0 Å². The van der Waals surface area contributed by atoms with Gasteiger partial charge in [0.25, 0.3) is 5.91 Å². The van der Waals surface area contributed by atoms with E-state index >= 15 is 0 Å². The molecule has 4 aromatic rings. The first-order valence-electron chi connectivity index (χ1n) is 8.88. The summed E-state index contributed by atoms with van der Waals surface area (Å²) in [6.45, 7) is 0.574. The molecule has 0 saturated heterocycles. The van der Waals surface area contributed by atoms with Gasteiger partial charge in [-0.25, -0.2) is 4.98 Å². The van der Waals surface area contributed by atoms with Crippen LogP contribution in [0.2, 0.25) is 10.0 Å². The molecule has 1 aromatic heterocycles. The molecule has 0 radical (unpaired) electrons. The molecule has 1 amide bonds. The van der Waals surface area contributed by atoms with E-state index in [2.05, 4.69) is 15.3 Å². The Balaban J connectivity index is 1.52. The number of imidazole rings is 1. The molecule has 0 bridgehead atoms. The number of nitrogens with one attached hydrogen (secondary N) is 2. The van der Waals surface area contributed by atoms with Crippen molar-refractivity contribution in [2.45, 2.75) is 6.42 Å². The minimum absolute atomic E-state index is 0.121. The van der Waals surface area contributed by atoms with Crippen LogP contribution < -0.4 is 5.32 Å². The highest BCUT2D eigenvalue weighted by Crippen LogP contribution is 2.33. The summed E-state index contributed by atoms with van der Waals surface area (Å²) in [5, 5.41) is 3.99. The third-order valence-electron chi connectivity index (χ3n) is 4.49. The maximum atomic E-state index is 12.5. The number of carbonyl (C=O) groups excluding carboxylic acids is 1. The number of halogens is 2. The van der Waals surface area contributed by atoms with Gasteiger partial charge in [0.1, 0.15) is 5.82 Å². The van der Waals surface area contributed by atoms with Crippen molar-refractivity contribution in [3.05, 3.63) is 87.9 Å². The second kappa shape index (κ2) is 8.05. The van der Waals surface area contributed by atoms with Crippen molar-refractivity contribution in [1.29, 1.82) is 0 Å². The lowest BCUT2D eigenvalue weighted by molar-refractivity contribution is 0.0954. The summed E-state index contributed by atoms with van der Waals surface area (Å²) in [6, 6.07) is 20.7. The quantitative estimate of drug-likeness (QED) is 0.456. The minimum atomic E-state index is -0.121. The first-order chi connectivity index (χ1) is 13.6. The molecule has 4 rings (SSSR count). The highest BCUT2D eigenvalue weighted by atomic mass is 35.5. The fourth-order valence-electron chi connectivity index (χ4n) is 3.06. The predicted octanol–water partition coefficient (Wildman–Crippen LogP) is 5.51. The topological polar surface area (TPSA) is 57.8 Å². The number of fused-ring (bicyclic) bond motifs is 1. The normalized spacial score (nSPS) is 10.9. The van der Waals surface area contributed by atoms with E-state index in [9.17, 15) is 4.79 Å². The van der Waals surface area contributed by atoms with Crippen LogP contribution in [0.15, 0.2) is 66.7 Å². The molecule has 0 spiro atoms. The zero-order valence-electron chi connectivity index (χ0n) is 14.9. The summed E-state index contributed by atoms with van der Waals surface area (Å²) in [5.41, 5.74) is 3.90. The zero-order chi connectivity index (χ0) is 19.5. The Morgan fingerprint density at radius 1 is 0.964 bits per heavy atom. The standard InChI is InChI=1S/C22H17Cl2N3O/c23-16-7-4-8-17(24)20(16)21-26-18-10-9-15(13-19(18)27-21)22(28)25-12-11-14-5-2-1-3-6-14/h1-10,13H,11-12H2,(H,25,28)(H,26,27). The van der Waals surface area contributed by atoms with Crippen molar-refractivity contribution in [3.63, 3.8) is 0 Å². The van der Waals surface area contributed by atoms with Crippen molar-refractivity contribution in [2.75, 3.05) is 6.54 Å². The molecule has 3 aromatic carbocycles. The van der Waals surface area contributed by atoms with Gasteiger partial charge >= 0.3 is 0 Å². The number of amides is 1. The SMILES string of the molecule is O=C(NCCc1ccccc1)c1ccc2nc(-c3c(Cl)cccc3Cl)[nH]c2c1. The summed E-state index contributed by atoms with van der Waals surface area (Å²) in [5.74, 6) is 0.456. The fourth-order valence-corrected chi connectivity index (χ4v) is 3.64. The lowest BCUT2D eigenvalue weighted by Gasteiger charge is -2.05. The molecular weight excluding hydrogens is 393 g/mol. The van der Waals surface area contributed by atoms with Crippen molar-refractivity contribution in [3.8, 4) is 11.4 Å². The van der Waals surface area contributed by atoms with E-state index in [1.165, 1.54) is 5.56 Å². The second-order valence-corrected chi connectivity index (χ2v) is 7.22. The van der Waals surface area contributed by atoms with Gasteiger partial charge in [-0.05, 0) is 42.3 Å². The van der Waals surface area contributed by atoms with Gasteiger partial charge in [0.05, 0.1) is 26.6 Å². The molecule has 0 fully saturated rings. The summed E-state index contributed by atoms with van der Waals surface area (Å²) in [6.07, 6.45) is 0.786. The van der Waals surface area contributed by atoms with Gasteiger partial charge in [0.15, 0.2) is 0 Å². The number of carbonyl (C=O) groups is 1. The number of hydrogen-bond donors (Lipinski definition) is 2. The fraction of sp³-hybridized carbons (Fsp3) is 0.0909. The predicted molar refractivity (Wildman–Crippen MR) is 114 cm³/mol. The third kappa shape index (κ3) is 3.88. The number of benzene rings is 3. The van der Waals surface area contributed by atoms with Gasteiger partial charge in [-0.1, -0.05) is 59.6 Å². The summed E-state index contributed by atoms with van der Waals surface area (Å²) in [4.78, 5) is 20.2. The first kappa shape index (κ1) is 18.5. The molecule has 0 aliphatic rings. The average Bonchev–Trinajstić information content (AvgIpc) is 3.11. The number of aromatic nitrogens is 2. The van der Waals surface area contributed by atoms with Crippen LogP contribution in [0.25, 0.3) is 22.4 Å². The van der Waals surface area contributed by atoms with Crippen LogP contribution in [-0.4, -0.2) is 22.4 Å². The molecule has 0 unspecified atom stereocenters. The van der Waals surface area contributed by atoms with Crippen LogP contribution in [0.1, 0.15) is 15.9 Å². The van der Waals surface area contributed by atoms with E-state index in [1.807, 2.05) is 36.4 Å². The minimum Gasteiger partial charge on any atom is -0.352 e. The third-order valence-corrected chi connectivity index (χ3v) is 5.12. The zero-order valence-corrected chi connectivity index (χ0v) is 16.4. The van der Waals surface area contributed by atoms with E-state index in [0.29, 0.717) is 33.5 Å². The molecule has 0 saturated carbocycles. The monoisotopic (exact) mass is 409 g/mol. The number of nitrogens with zero attached hydrogens (tertiary/aromatic N) is 1. The van der Waals surface area contributed by atoms with Crippen LogP contribution in [0.4, 0.5) is 0 Å². The van der Waals surface area contributed by atoms with Crippen LogP contribution in [-0.2, 0) is 6.42 Å². The second-order valence-electron chi connectivity index (χ2n) is 6.41. The number of H-pyrrole nitrogens is 1. The molecule has 140 valence electrons. The highest BCUT2D eigenvalue weighted by molar-refractivity contribution is 6.39. The smallest absolute Gasteiger partial charge is 0.251 e. The summed E-state index contributed by atoms with van der Waals surface area (Å²) < 4.78 is 0. The Morgan fingerprint density at radius 3 is 2.46 bits per heavy atom. The Bertz CT molecular complexity index is 1120. The average molecular weight is 410 g/mol. The lowest BCUT2D eigenvalue weighted by Crippen LogP contribution is -2.25. The molecule has 0 atom stereocenters. The first-order valence-corrected chi connectivity index (χ1v) is 9.64. The molecule has 28 heavy (non-hydrogen) atoms. The number of rotatable bonds is 5. The molecule has 6 heteroatoms. The van der Waals surface area contributed by atoms with Crippen molar-refractivity contribution in [1.82, 2.24) is 15.3 Å². The van der Waals surface area contributed by atoms with Gasteiger partial charge in [-0.2, -0.15) is 0 Å². The van der Waals surface area contributed by atoms with Gasteiger partial charge < -0.3 is 10.3 Å². The molecule has 0 aliphatic heterocycles. The Labute approximate surface area is 172 Å². The summed E-state index contributed by atoms with van der Waals surface area (Å²) >= 11 is 12.5. The molecule has 4 nitrogen and oxygen atoms in total. The Morgan fingerprint density at radius 2 is 1.71 bits per heavy atom. The van der Waals surface area contributed by atoms with Crippen LogP contribution >= 0.6 is 23.2 Å². The number of aromatic amines is 1. The highest BCUT2D eigenvalue weighted by Gasteiger charge is 2.14. The van der Waals surface area contributed by atoms with Crippen molar-refractivity contribution >= 4 is 40.1 Å². The van der Waals surface area contributed by atoms with E-state index in [1.54, 1.807) is 30.3 Å². The van der Waals surface area contributed by atoms with Gasteiger partial charge in [-0.15, -0.1) is 0 Å². The van der Waals surface area contributed by atoms with E-state index in [0.717, 1.165) is 17.5 Å². The van der Waals surface area contributed by atoms with E-state index < -0.39 is 0 Å². The molecule has 1 heterocycles. The Kier molecular flexibility index (Phi) is 5.33. The Hall–Kier alpha value is -2.82. The largest absolute Gasteiger partial charge is 0.352 e.